The Labute approximate surface area is 152 Å². The minimum Gasteiger partial charge on any atom is -0.276 e. The van der Waals surface area contributed by atoms with Gasteiger partial charge in [0.2, 0.25) is 0 Å². The molecule has 5 aromatic rings. The summed E-state index contributed by atoms with van der Waals surface area (Å²) < 4.78 is 3.36. The Bertz CT molecular complexity index is 1220. The highest BCUT2D eigenvalue weighted by Crippen LogP contribution is 2.29. The molecule has 0 amide bonds. The lowest BCUT2D eigenvalue weighted by Gasteiger charge is -2.09. The van der Waals surface area contributed by atoms with Crippen molar-refractivity contribution in [3.8, 4) is 11.4 Å². The summed E-state index contributed by atoms with van der Waals surface area (Å²) >= 11 is 2.34. The molecule has 0 N–H and O–H groups in total. The third-order valence-electron chi connectivity index (χ3n) is 4.23. The fourth-order valence-corrected chi connectivity index (χ4v) is 3.71. The molecule has 2 heterocycles. The van der Waals surface area contributed by atoms with E-state index in [1.54, 1.807) is 0 Å². The number of hydrogen-bond donors (Lipinski definition) is 0. The molecule has 0 unspecified atom stereocenters. The van der Waals surface area contributed by atoms with E-state index in [1.165, 1.54) is 3.57 Å². The average molecular weight is 421 g/mol. The molecule has 0 spiro atoms. The molecule has 2 aromatic heterocycles. The normalized spacial score (nSPS) is 11.5. The molecule has 114 valence electrons. The Morgan fingerprint density at radius 2 is 1.54 bits per heavy atom. The van der Waals surface area contributed by atoms with Crippen molar-refractivity contribution in [1.29, 1.82) is 0 Å². The maximum atomic E-state index is 4.96. The van der Waals surface area contributed by atoms with Crippen LogP contribution in [0.15, 0.2) is 72.8 Å². The topological polar surface area (TPSA) is 30.2 Å². The van der Waals surface area contributed by atoms with Gasteiger partial charge >= 0.3 is 0 Å². The minimum atomic E-state index is 0.927. The third kappa shape index (κ3) is 2.03. The molecule has 0 saturated carbocycles. The maximum absolute atomic E-state index is 4.96. The summed E-state index contributed by atoms with van der Waals surface area (Å²) in [5, 5.41) is 1.07. The summed E-state index contributed by atoms with van der Waals surface area (Å²) in [5.41, 5.74) is 5.09. The Hall–Kier alpha value is -2.47. The first-order valence-electron chi connectivity index (χ1n) is 7.73. The van der Waals surface area contributed by atoms with Gasteiger partial charge in [0.05, 0.1) is 16.6 Å². The van der Waals surface area contributed by atoms with E-state index in [0.29, 0.717) is 0 Å². The molecular weight excluding hydrogens is 409 g/mol. The van der Waals surface area contributed by atoms with E-state index < -0.39 is 0 Å². The first-order valence-corrected chi connectivity index (χ1v) is 8.81. The van der Waals surface area contributed by atoms with Gasteiger partial charge in [-0.05, 0) is 59.0 Å². The van der Waals surface area contributed by atoms with Gasteiger partial charge in [-0.3, -0.25) is 4.40 Å². The number of halogens is 1. The van der Waals surface area contributed by atoms with Gasteiger partial charge in [-0.2, -0.15) is 0 Å². The van der Waals surface area contributed by atoms with Gasteiger partial charge in [0.25, 0.3) is 0 Å². The Kier molecular flexibility index (Phi) is 3.06. The van der Waals surface area contributed by atoms with Crippen molar-refractivity contribution in [3.05, 3.63) is 76.4 Å². The van der Waals surface area contributed by atoms with E-state index in [9.17, 15) is 0 Å². The van der Waals surface area contributed by atoms with Crippen LogP contribution in [-0.4, -0.2) is 14.4 Å². The van der Waals surface area contributed by atoms with Crippen LogP contribution < -0.4 is 0 Å². The summed E-state index contributed by atoms with van der Waals surface area (Å²) in [4.78, 5) is 9.83. The molecule has 3 aromatic carbocycles. The second kappa shape index (κ2) is 5.27. The lowest BCUT2D eigenvalue weighted by atomic mass is 10.2. The minimum absolute atomic E-state index is 0.927. The fourth-order valence-electron chi connectivity index (χ4n) is 3.17. The molecule has 0 atom stereocenters. The molecule has 0 aliphatic heterocycles. The van der Waals surface area contributed by atoms with E-state index in [-0.39, 0.29) is 0 Å². The van der Waals surface area contributed by atoms with Crippen LogP contribution >= 0.6 is 22.6 Å². The summed E-state index contributed by atoms with van der Waals surface area (Å²) in [6.07, 6.45) is 0. The van der Waals surface area contributed by atoms with Crippen LogP contribution in [0.5, 0.6) is 0 Å². The highest BCUT2D eigenvalue weighted by atomic mass is 127. The molecule has 0 radical (unpaired) electrons. The molecule has 0 aliphatic carbocycles. The van der Waals surface area contributed by atoms with Gasteiger partial charge in [-0.1, -0.05) is 36.4 Å². The number of fused-ring (bicyclic) bond motifs is 5. The van der Waals surface area contributed by atoms with E-state index in [2.05, 4.69) is 69.5 Å². The molecule has 0 saturated heterocycles. The van der Waals surface area contributed by atoms with Crippen molar-refractivity contribution >= 4 is 50.2 Å². The summed E-state index contributed by atoms with van der Waals surface area (Å²) in [6, 6.07) is 24.8. The molecular formula is C20H12IN3. The standard InChI is InChI=1S/C20H12IN3/c21-14-7-5-6-13(12-14)19-22-16-9-2-1-8-15(16)20-23-17-10-3-4-11-18(17)24(19)20/h1-12H. The zero-order valence-electron chi connectivity index (χ0n) is 12.6. The second-order valence-corrected chi connectivity index (χ2v) is 6.97. The first-order chi connectivity index (χ1) is 11.8. The van der Waals surface area contributed by atoms with Crippen LogP contribution in [0.4, 0.5) is 0 Å². The third-order valence-corrected chi connectivity index (χ3v) is 4.90. The Morgan fingerprint density at radius 3 is 2.42 bits per heavy atom. The first kappa shape index (κ1) is 13.9. The Balaban J connectivity index is 2.04. The zero-order chi connectivity index (χ0) is 16.1. The fraction of sp³-hybridized carbons (Fsp3) is 0. The van der Waals surface area contributed by atoms with Crippen molar-refractivity contribution in [2.24, 2.45) is 0 Å². The van der Waals surface area contributed by atoms with Crippen LogP contribution in [0.3, 0.4) is 0 Å². The summed E-state index contributed by atoms with van der Waals surface area (Å²) in [7, 11) is 0. The van der Waals surface area contributed by atoms with Crippen LogP contribution in [0.1, 0.15) is 0 Å². The van der Waals surface area contributed by atoms with Gasteiger partial charge in [0.1, 0.15) is 11.5 Å². The van der Waals surface area contributed by atoms with E-state index in [4.69, 9.17) is 9.97 Å². The summed E-state index contributed by atoms with van der Waals surface area (Å²) in [6.45, 7) is 0. The van der Waals surface area contributed by atoms with Gasteiger partial charge in [0.15, 0.2) is 0 Å². The smallest absolute Gasteiger partial charge is 0.149 e. The summed E-state index contributed by atoms with van der Waals surface area (Å²) in [5.74, 6) is 0.927. The number of hydrogen-bond acceptors (Lipinski definition) is 2. The second-order valence-electron chi connectivity index (χ2n) is 5.72. The van der Waals surface area contributed by atoms with Gasteiger partial charge in [-0.15, -0.1) is 0 Å². The maximum Gasteiger partial charge on any atom is 0.149 e. The molecule has 24 heavy (non-hydrogen) atoms. The molecule has 0 fully saturated rings. The quantitative estimate of drug-likeness (QED) is 0.344. The zero-order valence-corrected chi connectivity index (χ0v) is 14.8. The van der Waals surface area contributed by atoms with Crippen LogP contribution in [0.2, 0.25) is 0 Å². The predicted molar refractivity (Wildman–Crippen MR) is 106 cm³/mol. The van der Waals surface area contributed by atoms with Crippen LogP contribution in [-0.2, 0) is 0 Å². The van der Waals surface area contributed by atoms with E-state index in [1.807, 2.05) is 30.3 Å². The average Bonchev–Trinajstić information content (AvgIpc) is 3.01. The molecule has 3 nitrogen and oxygen atoms in total. The molecule has 4 heteroatoms. The van der Waals surface area contributed by atoms with Crippen molar-refractivity contribution < 1.29 is 0 Å². The van der Waals surface area contributed by atoms with Crippen molar-refractivity contribution in [2.45, 2.75) is 0 Å². The van der Waals surface area contributed by atoms with Crippen molar-refractivity contribution in [3.63, 3.8) is 0 Å². The molecule has 5 rings (SSSR count). The lowest BCUT2D eigenvalue weighted by Crippen LogP contribution is -1.98. The molecule has 0 aliphatic rings. The predicted octanol–water partition coefficient (Wildman–Crippen LogP) is 5.31. The van der Waals surface area contributed by atoms with Crippen LogP contribution in [0, 0.1) is 3.57 Å². The van der Waals surface area contributed by atoms with Crippen molar-refractivity contribution in [1.82, 2.24) is 14.4 Å². The number of aromatic nitrogens is 3. The number of rotatable bonds is 1. The largest absolute Gasteiger partial charge is 0.276 e. The lowest BCUT2D eigenvalue weighted by molar-refractivity contribution is 1.16. The number of benzene rings is 3. The monoisotopic (exact) mass is 421 g/mol. The Morgan fingerprint density at radius 1 is 0.750 bits per heavy atom. The van der Waals surface area contributed by atoms with Crippen molar-refractivity contribution in [2.75, 3.05) is 0 Å². The van der Waals surface area contributed by atoms with E-state index in [0.717, 1.165) is 39.0 Å². The van der Waals surface area contributed by atoms with Gasteiger partial charge < -0.3 is 0 Å². The number of imidazole rings is 1. The van der Waals surface area contributed by atoms with Crippen LogP contribution in [0.25, 0.3) is 39.0 Å². The number of para-hydroxylation sites is 3. The highest BCUT2D eigenvalue weighted by Gasteiger charge is 2.14. The SMILES string of the molecule is Ic1cccc(-c2nc3ccccc3c3nc4ccccc4n23)c1. The van der Waals surface area contributed by atoms with E-state index >= 15 is 0 Å². The molecule has 0 bridgehead atoms. The van der Waals surface area contributed by atoms with Gasteiger partial charge in [0, 0.05) is 14.5 Å². The highest BCUT2D eigenvalue weighted by molar-refractivity contribution is 14.1. The van der Waals surface area contributed by atoms with Gasteiger partial charge in [-0.25, -0.2) is 9.97 Å². The number of nitrogens with zero attached hydrogens (tertiary/aromatic N) is 3.